The van der Waals surface area contributed by atoms with Crippen molar-refractivity contribution in [2.75, 3.05) is 39.3 Å². The standard InChI is InChI=1S/C19H27N5O.ClH/c1-15-12-16(2)24(22-15)14-17-4-3-5-18(13-17)19(25)21-8-11-23-9-6-20-7-10-23;/h3-5,12-13,20H,6-11,14H2,1-2H3,(H,21,25);1H. The molecule has 0 spiro atoms. The van der Waals surface area contributed by atoms with Gasteiger partial charge < -0.3 is 10.6 Å². The molecule has 3 rings (SSSR count). The third kappa shape index (κ3) is 5.56. The van der Waals surface area contributed by atoms with Crippen LogP contribution < -0.4 is 10.6 Å². The van der Waals surface area contributed by atoms with Crippen LogP contribution >= 0.6 is 12.4 Å². The average molecular weight is 378 g/mol. The van der Waals surface area contributed by atoms with E-state index in [2.05, 4.69) is 26.7 Å². The number of nitrogens with zero attached hydrogens (tertiary/aromatic N) is 3. The topological polar surface area (TPSA) is 62.2 Å². The monoisotopic (exact) mass is 377 g/mol. The minimum absolute atomic E-state index is 0. The summed E-state index contributed by atoms with van der Waals surface area (Å²) >= 11 is 0. The molecular formula is C19H28ClN5O. The molecular weight excluding hydrogens is 350 g/mol. The summed E-state index contributed by atoms with van der Waals surface area (Å²) in [5.74, 6) is -0.00893. The molecule has 6 nitrogen and oxygen atoms in total. The quantitative estimate of drug-likeness (QED) is 0.802. The summed E-state index contributed by atoms with van der Waals surface area (Å²) in [4.78, 5) is 14.8. The number of halogens is 1. The lowest BCUT2D eigenvalue weighted by molar-refractivity contribution is 0.0947. The van der Waals surface area contributed by atoms with E-state index in [-0.39, 0.29) is 18.3 Å². The van der Waals surface area contributed by atoms with E-state index >= 15 is 0 Å². The highest BCUT2D eigenvalue weighted by Gasteiger charge is 2.11. The van der Waals surface area contributed by atoms with Crippen molar-refractivity contribution in [3.05, 3.63) is 52.8 Å². The van der Waals surface area contributed by atoms with Gasteiger partial charge in [0.1, 0.15) is 0 Å². The first-order valence-electron chi connectivity index (χ1n) is 8.93. The van der Waals surface area contributed by atoms with Crippen molar-refractivity contribution in [3.8, 4) is 0 Å². The minimum Gasteiger partial charge on any atom is -0.351 e. The summed E-state index contributed by atoms with van der Waals surface area (Å²) in [5, 5.41) is 10.9. The molecule has 0 radical (unpaired) electrons. The maximum absolute atomic E-state index is 12.4. The van der Waals surface area contributed by atoms with Crippen LogP contribution in [0.2, 0.25) is 0 Å². The third-order valence-electron chi connectivity index (χ3n) is 4.55. The van der Waals surface area contributed by atoms with Crippen LogP contribution in [0, 0.1) is 13.8 Å². The smallest absolute Gasteiger partial charge is 0.251 e. The minimum atomic E-state index is -0.00893. The Hall–Kier alpha value is -1.89. The Morgan fingerprint density at radius 2 is 2.00 bits per heavy atom. The number of piperazine rings is 1. The van der Waals surface area contributed by atoms with Crippen molar-refractivity contribution in [3.63, 3.8) is 0 Å². The molecule has 1 aromatic carbocycles. The highest BCUT2D eigenvalue weighted by atomic mass is 35.5. The summed E-state index contributed by atoms with van der Waals surface area (Å²) in [6.45, 7) is 10.5. The molecule has 1 saturated heterocycles. The number of carbonyl (C=O) groups excluding carboxylic acids is 1. The first-order valence-corrected chi connectivity index (χ1v) is 8.93. The Labute approximate surface area is 161 Å². The largest absolute Gasteiger partial charge is 0.351 e. The van der Waals surface area contributed by atoms with E-state index in [1.54, 1.807) is 0 Å². The zero-order valence-electron chi connectivity index (χ0n) is 15.5. The van der Waals surface area contributed by atoms with Crippen LogP contribution in [0.1, 0.15) is 27.3 Å². The molecule has 2 aromatic rings. The fourth-order valence-corrected chi connectivity index (χ4v) is 3.18. The Balaban J connectivity index is 0.00000243. The Morgan fingerprint density at radius 3 is 2.69 bits per heavy atom. The van der Waals surface area contributed by atoms with E-state index in [1.807, 2.05) is 42.8 Å². The van der Waals surface area contributed by atoms with E-state index < -0.39 is 0 Å². The molecule has 1 aromatic heterocycles. The normalized spacial score (nSPS) is 14.7. The van der Waals surface area contributed by atoms with Gasteiger partial charge in [-0.2, -0.15) is 5.10 Å². The second-order valence-corrected chi connectivity index (χ2v) is 6.63. The Kier molecular flexibility index (Phi) is 7.63. The van der Waals surface area contributed by atoms with Gasteiger partial charge in [-0.1, -0.05) is 12.1 Å². The van der Waals surface area contributed by atoms with Crippen molar-refractivity contribution in [2.24, 2.45) is 0 Å². The van der Waals surface area contributed by atoms with Crippen LogP contribution in [0.5, 0.6) is 0 Å². The van der Waals surface area contributed by atoms with Crippen LogP contribution in [-0.2, 0) is 6.54 Å². The molecule has 0 bridgehead atoms. The second kappa shape index (κ2) is 9.71. The van der Waals surface area contributed by atoms with E-state index in [1.165, 1.54) is 0 Å². The molecule has 2 N–H and O–H groups in total. The predicted molar refractivity (Wildman–Crippen MR) is 106 cm³/mol. The van der Waals surface area contributed by atoms with Gasteiger partial charge >= 0.3 is 0 Å². The van der Waals surface area contributed by atoms with Crippen LogP contribution in [0.3, 0.4) is 0 Å². The van der Waals surface area contributed by atoms with Crippen molar-refractivity contribution >= 4 is 18.3 Å². The number of aryl methyl sites for hydroxylation is 2. The third-order valence-corrected chi connectivity index (χ3v) is 4.55. The second-order valence-electron chi connectivity index (χ2n) is 6.63. The maximum Gasteiger partial charge on any atom is 0.251 e. The van der Waals surface area contributed by atoms with Gasteiger partial charge in [0.2, 0.25) is 0 Å². The molecule has 1 aliphatic rings. The fraction of sp³-hybridized carbons (Fsp3) is 0.474. The maximum atomic E-state index is 12.4. The van der Waals surface area contributed by atoms with Crippen LogP contribution in [0.15, 0.2) is 30.3 Å². The summed E-state index contributed by atoms with van der Waals surface area (Å²) in [6, 6.07) is 9.86. The lowest BCUT2D eigenvalue weighted by atomic mass is 10.1. The molecule has 0 unspecified atom stereocenters. The molecule has 0 aliphatic carbocycles. The molecule has 142 valence electrons. The van der Waals surface area contributed by atoms with E-state index in [9.17, 15) is 4.79 Å². The van der Waals surface area contributed by atoms with Gasteiger partial charge in [0.25, 0.3) is 5.91 Å². The summed E-state index contributed by atoms with van der Waals surface area (Å²) in [6.07, 6.45) is 0. The molecule has 0 saturated carbocycles. The van der Waals surface area contributed by atoms with Crippen molar-refractivity contribution in [1.29, 1.82) is 0 Å². The molecule has 1 fully saturated rings. The zero-order valence-corrected chi connectivity index (χ0v) is 16.3. The number of benzene rings is 1. The van der Waals surface area contributed by atoms with Gasteiger partial charge in [-0.05, 0) is 37.6 Å². The highest BCUT2D eigenvalue weighted by Crippen LogP contribution is 2.10. The summed E-state index contributed by atoms with van der Waals surface area (Å²) < 4.78 is 1.97. The highest BCUT2D eigenvalue weighted by molar-refractivity contribution is 5.94. The first kappa shape index (κ1) is 20.4. The van der Waals surface area contributed by atoms with Gasteiger partial charge in [-0.15, -0.1) is 12.4 Å². The van der Waals surface area contributed by atoms with Crippen LogP contribution in [0.25, 0.3) is 0 Å². The number of hydrogen-bond acceptors (Lipinski definition) is 4. The van der Waals surface area contributed by atoms with E-state index in [4.69, 9.17) is 0 Å². The number of amides is 1. The molecule has 26 heavy (non-hydrogen) atoms. The lowest BCUT2D eigenvalue weighted by Gasteiger charge is -2.27. The summed E-state index contributed by atoms with van der Waals surface area (Å²) in [5.41, 5.74) is 3.93. The Bertz CT molecular complexity index is 724. The van der Waals surface area contributed by atoms with E-state index in [0.717, 1.165) is 49.7 Å². The van der Waals surface area contributed by atoms with E-state index in [0.29, 0.717) is 18.7 Å². The first-order chi connectivity index (χ1) is 12.1. The van der Waals surface area contributed by atoms with Gasteiger partial charge in [-0.25, -0.2) is 0 Å². The van der Waals surface area contributed by atoms with Gasteiger partial charge in [0, 0.05) is 50.5 Å². The van der Waals surface area contributed by atoms with Crippen molar-refractivity contribution in [1.82, 2.24) is 25.3 Å². The number of carbonyl (C=O) groups is 1. The number of aromatic nitrogens is 2. The predicted octanol–water partition coefficient (Wildman–Crippen LogP) is 1.61. The van der Waals surface area contributed by atoms with Crippen molar-refractivity contribution < 1.29 is 4.79 Å². The number of rotatable bonds is 6. The van der Waals surface area contributed by atoms with Gasteiger partial charge in [-0.3, -0.25) is 14.4 Å². The zero-order chi connectivity index (χ0) is 17.6. The molecule has 0 atom stereocenters. The number of hydrogen-bond donors (Lipinski definition) is 2. The SMILES string of the molecule is Cc1cc(C)n(Cc2cccc(C(=O)NCCN3CCNCC3)c2)n1.Cl. The Morgan fingerprint density at radius 1 is 1.23 bits per heavy atom. The molecule has 1 aliphatic heterocycles. The fourth-order valence-electron chi connectivity index (χ4n) is 3.18. The van der Waals surface area contributed by atoms with Gasteiger partial charge in [0.05, 0.1) is 12.2 Å². The molecule has 7 heteroatoms. The summed E-state index contributed by atoms with van der Waals surface area (Å²) in [7, 11) is 0. The lowest BCUT2D eigenvalue weighted by Crippen LogP contribution is -2.46. The van der Waals surface area contributed by atoms with Gasteiger partial charge in [0.15, 0.2) is 0 Å². The van der Waals surface area contributed by atoms with Crippen molar-refractivity contribution in [2.45, 2.75) is 20.4 Å². The molecule has 2 heterocycles. The molecule has 1 amide bonds. The average Bonchev–Trinajstić information content (AvgIpc) is 2.93. The van der Waals surface area contributed by atoms with Crippen LogP contribution in [-0.4, -0.2) is 59.9 Å². The van der Waals surface area contributed by atoms with Crippen LogP contribution in [0.4, 0.5) is 0 Å². The number of nitrogens with one attached hydrogen (secondary N) is 2.